The van der Waals surface area contributed by atoms with Crippen LogP contribution in [0.5, 0.6) is 0 Å². The molecule has 0 atom stereocenters. The van der Waals surface area contributed by atoms with Crippen molar-refractivity contribution >= 4 is 22.1 Å². The Bertz CT molecular complexity index is 869. The van der Waals surface area contributed by atoms with Crippen molar-refractivity contribution in [2.45, 2.75) is 0 Å². The van der Waals surface area contributed by atoms with E-state index in [0.29, 0.717) is 5.89 Å². The van der Waals surface area contributed by atoms with Gasteiger partial charge in [0.05, 0.1) is 28.3 Å². The molecule has 0 aliphatic carbocycles. The molecular formula is C15H9N3O. The lowest BCUT2D eigenvalue weighted by Crippen LogP contribution is -1.90. The highest BCUT2D eigenvalue weighted by Gasteiger charge is 2.10. The van der Waals surface area contributed by atoms with Gasteiger partial charge in [0.2, 0.25) is 5.89 Å². The van der Waals surface area contributed by atoms with Gasteiger partial charge in [0.15, 0.2) is 0 Å². The molecule has 0 aliphatic rings. The summed E-state index contributed by atoms with van der Waals surface area (Å²) in [6.45, 7) is 0. The maximum Gasteiger partial charge on any atom is 0.228 e. The minimum absolute atomic E-state index is 0.565. The predicted molar refractivity (Wildman–Crippen MR) is 72.5 cm³/mol. The molecule has 4 aromatic rings. The summed E-state index contributed by atoms with van der Waals surface area (Å²) in [5, 5.41) is 0. The van der Waals surface area contributed by atoms with Crippen LogP contribution in [-0.2, 0) is 0 Å². The van der Waals surface area contributed by atoms with Crippen LogP contribution in [0, 0.1) is 0 Å². The monoisotopic (exact) mass is 247 g/mol. The first kappa shape index (κ1) is 10.2. The van der Waals surface area contributed by atoms with Crippen LogP contribution < -0.4 is 0 Å². The van der Waals surface area contributed by atoms with Crippen LogP contribution in [-0.4, -0.2) is 15.0 Å². The number of para-hydroxylation sites is 3. The molecule has 2 heterocycles. The molecule has 0 N–H and O–H groups in total. The first-order chi connectivity index (χ1) is 9.42. The van der Waals surface area contributed by atoms with E-state index in [1.54, 1.807) is 12.5 Å². The summed E-state index contributed by atoms with van der Waals surface area (Å²) in [5.41, 5.74) is 4.27. The van der Waals surface area contributed by atoms with Gasteiger partial charge in [-0.3, -0.25) is 0 Å². The van der Waals surface area contributed by atoms with Crippen LogP contribution in [0.3, 0.4) is 0 Å². The molecule has 0 amide bonds. The van der Waals surface area contributed by atoms with E-state index in [9.17, 15) is 0 Å². The molecule has 0 bridgehead atoms. The van der Waals surface area contributed by atoms with Gasteiger partial charge in [-0.25, -0.2) is 15.0 Å². The molecular weight excluding hydrogens is 238 g/mol. The van der Waals surface area contributed by atoms with E-state index >= 15 is 0 Å². The van der Waals surface area contributed by atoms with Crippen LogP contribution >= 0.6 is 0 Å². The molecule has 0 fully saturated rings. The van der Waals surface area contributed by atoms with Gasteiger partial charge in [0.1, 0.15) is 11.8 Å². The van der Waals surface area contributed by atoms with Gasteiger partial charge >= 0.3 is 0 Å². The highest BCUT2D eigenvalue weighted by Crippen LogP contribution is 2.26. The molecule has 90 valence electrons. The largest absolute Gasteiger partial charge is 0.444 e. The number of aromatic nitrogens is 3. The minimum atomic E-state index is 0.565. The number of hydrogen-bond acceptors (Lipinski definition) is 4. The maximum absolute atomic E-state index is 5.36. The number of nitrogens with zero attached hydrogens (tertiary/aromatic N) is 3. The van der Waals surface area contributed by atoms with Crippen LogP contribution in [0.15, 0.2) is 59.3 Å². The van der Waals surface area contributed by atoms with Crippen molar-refractivity contribution in [3.8, 4) is 11.5 Å². The SMILES string of the molecule is c1ccc2nc3c(-c4ncco4)cccc3nc2c1. The van der Waals surface area contributed by atoms with E-state index in [-0.39, 0.29) is 0 Å². The smallest absolute Gasteiger partial charge is 0.228 e. The summed E-state index contributed by atoms with van der Waals surface area (Å²) < 4.78 is 5.36. The molecule has 19 heavy (non-hydrogen) atoms. The lowest BCUT2D eigenvalue weighted by atomic mass is 10.1. The summed E-state index contributed by atoms with van der Waals surface area (Å²) in [7, 11) is 0. The van der Waals surface area contributed by atoms with E-state index in [1.807, 2.05) is 42.5 Å². The van der Waals surface area contributed by atoms with E-state index in [2.05, 4.69) is 15.0 Å². The molecule has 2 aromatic heterocycles. The first-order valence-corrected chi connectivity index (χ1v) is 5.97. The molecule has 0 saturated carbocycles. The molecule has 0 radical (unpaired) electrons. The normalized spacial score (nSPS) is 11.2. The Balaban J connectivity index is 2.12. The van der Waals surface area contributed by atoms with Crippen molar-refractivity contribution in [2.75, 3.05) is 0 Å². The molecule has 0 aliphatic heterocycles. The third-order valence-electron chi connectivity index (χ3n) is 3.03. The second-order valence-electron chi connectivity index (χ2n) is 4.22. The van der Waals surface area contributed by atoms with Crippen LogP contribution in [0.4, 0.5) is 0 Å². The zero-order valence-corrected chi connectivity index (χ0v) is 9.95. The van der Waals surface area contributed by atoms with Crippen LogP contribution in [0.25, 0.3) is 33.5 Å². The fourth-order valence-corrected chi connectivity index (χ4v) is 2.17. The Morgan fingerprint density at radius 3 is 2.37 bits per heavy atom. The Hall–Kier alpha value is -2.75. The maximum atomic E-state index is 5.36. The van der Waals surface area contributed by atoms with E-state index in [4.69, 9.17) is 4.42 Å². The molecule has 0 spiro atoms. The zero-order valence-electron chi connectivity index (χ0n) is 9.95. The lowest BCUT2D eigenvalue weighted by Gasteiger charge is -2.03. The second-order valence-corrected chi connectivity index (χ2v) is 4.22. The Kier molecular flexibility index (Phi) is 2.08. The Labute approximate surface area is 108 Å². The number of oxazole rings is 1. The highest BCUT2D eigenvalue weighted by molar-refractivity contribution is 5.94. The fraction of sp³-hybridized carbons (Fsp3) is 0. The fourth-order valence-electron chi connectivity index (χ4n) is 2.17. The third-order valence-corrected chi connectivity index (χ3v) is 3.03. The van der Waals surface area contributed by atoms with Gasteiger partial charge in [-0.15, -0.1) is 0 Å². The van der Waals surface area contributed by atoms with Crippen LogP contribution in [0.2, 0.25) is 0 Å². The summed E-state index contributed by atoms with van der Waals surface area (Å²) in [4.78, 5) is 13.5. The standard InChI is InChI=1S/C15H9N3O/c1-2-6-12-11(5-1)17-13-7-3-4-10(14(13)18-12)15-16-8-9-19-15/h1-9H. The molecule has 2 aromatic carbocycles. The summed E-state index contributed by atoms with van der Waals surface area (Å²) in [5.74, 6) is 0.565. The van der Waals surface area contributed by atoms with Crippen molar-refractivity contribution < 1.29 is 4.42 Å². The van der Waals surface area contributed by atoms with E-state index in [0.717, 1.165) is 27.6 Å². The number of hydrogen-bond donors (Lipinski definition) is 0. The second kappa shape index (κ2) is 3.88. The average molecular weight is 247 g/mol. The van der Waals surface area contributed by atoms with Crippen LogP contribution in [0.1, 0.15) is 0 Å². The van der Waals surface area contributed by atoms with Crippen molar-refractivity contribution in [3.05, 3.63) is 54.9 Å². The first-order valence-electron chi connectivity index (χ1n) is 5.97. The summed E-state index contributed by atoms with van der Waals surface area (Å²) in [6, 6.07) is 13.6. The highest BCUT2D eigenvalue weighted by atomic mass is 16.3. The quantitative estimate of drug-likeness (QED) is 0.483. The molecule has 0 saturated heterocycles. The topological polar surface area (TPSA) is 51.8 Å². The summed E-state index contributed by atoms with van der Waals surface area (Å²) >= 11 is 0. The van der Waals surface area contributed by atoms with Gasteiger partial charge in [-0.2, -0.15) is 0 Å². The molecule has 4 heteroatoms. The van der Waals surface area contributed by atoms with Crippen molar-refractivity contribution in [3.63, 3.8) is 0 Å². The Morgan fingerprint density at radius 2 is 1.58 bits per heavy atom. The van der Waals surface area contributed by atoms with Crippen molar-refractivity contribution in [2.24, 2.45) is 0 Å². The average Bonchev–Trinajstić information content (AvgIpc) is 2.98. The Morgan fingerprint density at radius 1 is 0.789 bits per heavy atom. The van der Waals surface area contributed by atoms with Gasteiger partial charge in [-0.05, 0) is 24.3 Å². The number of benzene rings is 2. The lowest BCUT2D eigenvalue weighted by molar-refractivity contribution is 0.575. The van der Waals surface area contributed by atoms with E-state index in [1.165, 1.54) is 0 Å². The van der Waals surface area contributed by atoms with Gasteiger partial charge in [0.25, 0.3) is 0 Å². The van der Waals surface area contributed by atoms with Gasteiger partial charge in [-0.1, -0.05) is 18.2 Å². The third kappa shape index (κ3) is 1.57. The molecule has 0 unspecified atom stereocenters. The number of fused-ring (bicyclic) bond motifs is 2. The van der Waals surface area contributed by atoms with E-state index < -0.39 is 0 Å². The van der Waals surface area contributed by atoms with Gasteiger partial charge < -0.3 is 4.42 Å². The minimum Gasteiger partial charge on any atom is -0.444 e. The van der Waals surface area contributed by atoms with Gasteiger partial charge in [0, 0.05) is 0 Å². The van der Waals surface area contributed by atoms with Crippen molar-refractivity contribution in [1.29, 1.82) is 0 Å². The molecule has 4 nitrogen and oxygen atoms in total. The predicted octanol–water partition coefficient (Wildman–Crippen LogP) is 3.44. The molecule has 4 rings (SSSR count). The zero-order chi connectivity index (χ0) is 12.7. The van der Waals surface area contributed by atoms with Crippen molar-refractivity contribution in [1.82, 2.24) is 15.0 Å². The summed E-state index contributed by atoms with van der Waals surface area (Å²) in [6.07, 6.45) is 3.19. The number of rotatable bonds is 1.